The SMILES string of the molecule is CNC(CCCc1cccs1)CCc1cccs1. The van der Waals surface area contributed by atoms with Crippen LogP contribution in [0.3, 0.4) is 0 Å². The second-order valence-corrected chi connectivity index (χ2v) is 6.64. The Hall–Kier alpha value is -0.640. The molecule has 3 heteroatoms. The highest BCUT2D eigenvalue weighted by Crippen LogP contribution is 2.16. The molecule has 2 aromatic heterocycles. The molecule has 0 aliphatic heterocycles. The van der Waals surface area contributed by atoms with Crippen molar-refractivity contribution >= 4 is 22.7 Å². The van der Waals surface area contributed by atoms with Crippen LogP contribution < -0.4 is 5.32 Å². The molecule has 0 bridgehead atoms. The van der Waals surface area contributed by atoms with Gasteiger partial charge in [0.15, 0.2) is 0 Å². The second-order valence-electron chi connectivity index (χ2n) is 4.58. The topological polar surface area (TPSA) is 12.0 Å². The number of aryl methyl sites for hydroxylation is 2. The van der Waals surface area contributed by atoms with Gasteiger partial charge in [-0.3, -0.25) is 0 Å². The Kier molecular flexibility index (Phi) is 5.91. The van der Waals surface area contributed by atoms with Crippen molar-refractivity contribution in [1.29, 1.82) is 0 Å². The Morgan fingerprint density at radius 1 is 1.00 bits per heavy atom. The molecule has 0 amide bonds. The summed E-state index contributed by atoms with van der Waals surface area (Å²) in [5, 5.41) is 7.79. The Bertz CT molecular complexity index is 406. The lowest BCUT2D eigenvalue weighted by Gasteiger charge is -2.15. The summed E-state index contributed by atoms with van der Waals surface area (Å²) >= 11 is 3.75. The van der Waals surface area contributed by atoms with E-state index in [0.29, 0.717) is 6.04 Å². The van der Waals surface area contributed by atoms with Crippen LogP contribution in [0, 0.1) is 0 Å². The van der Waals surface area contributed by atoms with E-state index in [0.717, 1.165) is 0 Å². The van der Waals surface area contributed by atoms with Gasteiger partial charge in [-0.25, -0.2) is 0 Å². The second kappa shape index (κ2) is 7.72. The fourth-order valence-electron chi connectivity index (χ4n) is 2.18. The van der Waals surface area contributed by atoms with Gasteiger partial charge in [0.05, 0.1) is 0 Å². The van der Waals surface area contributed by atoms with Crippen molar-refractivity contribution in [3.05, 3.63) is 44.8 Å². The van der Waals surface area contributed by atoms with Gasteiger partial charge < -0.3 is 5.32 Å². The highest BCUT2D eigenvalue weighted by atomic mass is 32.1. The van der Waals surface area contributed by atoms with Gasteiger partial charge in [0.1, 0.15) is 0 Å². The van der Waals surface area contributed by atoms with Crippen LogP contribution in [0.25, 0.3) is 0 Å². The molecule has 1 N–H and O–H groups in total. The van der Waals surface area contributed by atoms with Crippen LogP contribution in [0.2, 0.25) is 0 Å². The highest BCUT2D eigenvalue weighted by Gasteiger charge is 2.07. The van der Waals surface area contributed by atoms with Crippen molar-refractivity contribution < 1.29 is 0 Å². The number of hydrogen-bond acceptors (Lipinski definition) is 3. The minimum atomic E-state index is 0.659. The van der Waals surface area contributed by atoms with Gasteiger partial charge in [0, 0.05) is 15.8 Å². The summed E-state index contributed by atoms with van der Waals surface area (Å²) in [6.45, 7) is 0. The summed E-state index contributed by atoms with van der Waals surface area (Å²) in [4.78, 5) is 3.02. The molecule has 0 aliphatic carbocycles. The minimum Gasteiger partial charge on any atom is -0.317 e. The molecule has 2 rings (SSSR count). The lowest BCUT2D eigenvalue weighted by molar-refractivity contribution is 0.476. The summed E-state index contributed by atoms with van der Waals surface area (Å²) in [6.07, 6.45) is 6.26. The van der Waals surface area contributed by atoms with Crippen molar-refractivity contribution in [2.45, 2.75) is 38.1 Å². The summed E-state index contributed by atoms with van der Waals surface area (Å²) in [5.74, 6) is 0. The van der Waals surface area contributed by atoms with Crippen molar-refractivity contribution in [2.24, 2.45) is 0 Å². The number of thiophene rings is 2. The van der Waals surface area contributed by atoms with Crippen LogP contribution in [-0.4, -0.2) is 13.1 Å². The van der Waals surface area contributed by atoms with E-state index in [1.807, 2.05) is 22.7 Å². The normalized spacial score (nSPS) is 12.7. The first-order valence-corrected chi connectivity index (χ1v) is 8.36. The molecule has 1 unspecified atom stereocenters. The van der Waals surface area contributed by atoms with Gasteiger partial charge in [-0.15, -0.1) is 22.7 Å². The maximum absolute atomic E-state index is 3.45. The van der Waals surface area contributed by atoms with Crippen molar-refractivity contribution in [3.63, 3.8) is 0 Å². The zero-order chi connectivity index (χ0) is 12.6. The smallest absolute Gasteiger partial charge is 0.00676 e. The minimum absolute atomic E-state index is 0.659. The predicted octanol–water partition coefficient (Wildman–Crippen LogP) is 4.35. The van der Waals surface area contributed by atoms with Gasteiger partial charge in [-0.2, -0.15) is 0 Å². The first-order valence-electron chi connectivity index (χ1n) is 6.60. The monoisotopic (exact) mass is 279 g/mol. The highest BCUT2D eigenvalue weighted by molar-refractivity contribution is 7.10. The maximum Gasteiger partial charge on any atom is 0.00676 e. The third-order valence-corrected chi connectivity index (χ3v) is 5.16. The molecule has 1 atom stereocenters. The molecule has 18 heavy (non-hydrogen) atoms. The quantitative estimate of drug-likeness (QED) is 0.757. The van der Waals surface area contributed by atoms with E-state index < -0.39 is 0 Å². The van der Waals surface area contributed by atoms with Crippen LogP contribution in [0.4, 0.5) is 0 Å². The summed E-state index contributed by atoms with van der Waals surface area (Å²) < 4.78 is 0. The van der Waals surface area contributed by atoms with E-state index in [9.17, 15) is 0 Å². The molecule has 0 saturated carbocycles. The molecule has 2 heterocycles. The maximum atomic E-state index is 3.45. The van der Waals surface area contributed by atoms with E-state index in [2.05, 4.69) is 47.4 Å². The van der Waals surface area contributed by atoms with Gasteiger partial charge in [0.25, 0.3) is 0 Å². The first-order chi connectivity index (χ1) is 8.88. The molecule has 2 aromatic rings. The van der Waals surface area contributed by atoms with E-state index in [-0.39, 0.29) is 0 Å². The van der Waals surface area contributed by atoms with E-state index in [4.69, 9.17) is 0 Å². The van der Waals surface area contributed by atoms with Gasteiger partial charge in [0.2, 0.25) is 0 Å². The summed E-state index contributed by atoms with van der Waals surface area (Å²) in [7, 11) is 2.09. The molecular weight excluding hydrogens is 258 g/mol. The van der Waals surface area contributed by atoms with Gasteiger partial charge in [-0.05, 0) is 62.0 Å². The lowest BCUT2D eigenvalue weighted by atomic mass is 10.0. The Labute approximate surface area is 118 Å². The molecule has 98 valence electrons. The van der Waals surface area contributed by atoms with E-state index in [1.54, 1.807) is 0 Å². The average Bonchev–Trinajstić information content (AvgIpc) is 3.06. The van der Waals surface area contributed by atoms with Crippen molar-refractivity contribution in [3.8, 4) is 0 Å². The number of nitrogens with one attached hydrogen (secondary N) is 1. The Morgan fingerprint density at radius 2 is 1.67 bits per heavy atom. The Balaban J connectivity index is 1.65. The summed E-state index contributed by atoms with van der Waals surface area (Å²) in [6, 6.07) is 9.43. The average molecular weight is 279 g/mol. The fourth-order valence-corrected chi connectivity index (χ4v) is 3.66. The van der Waals surface area contributed by atoms with E-state index >= 15 is 0 Å². The molecule has 0 saturated heterocycles. The fraction of sp³-hybridized carbons (Fsp3) is 0.467. The molecule has 1 nitrogen and oxygen atoms in total. The molecule has 0 aromatic carbocycles. The van der Waals surface area contributed by atoms with Crippen LogP contribution >= 0.6 is 22.7 Å². The lowest BCUT2D eigenvalue weighted by Crippen LogP contribution is -2.25. The van der Waals surface area contributed by atoms with Gasteiger partial charge >= 0.3 is 0 Å². The van der Waals surface area contributed by atoms with Crippen molar-refractivity contribution in [2.75, 3.05) is 7.05 Å². The largest absolute Gasteiger partial charge is 0.317 e. The number of hydrogen-bond donors (Lipinski definition) is 1. The molecule has 0 aliphatic rings. The van der Waals surface area contributed by atoms with Crippen LogP contribution in [0.5, 0.6) is 0 Å². The van der Waals surface area contributed by atoms with Gasteiger partial charge in [-0.1, -0.05) is 12.1 Å². The molecule has 0 radical (unpaired) electrons. The van der Waals surface area contributed by atoms with Crippen LogP contribution in [0.1, 0.15) is 29.0 Å². The van der Waals surface area contributed by atoms with Crippen LogP contribution in [-0.2, 0) is 12.8 Å². The third kappa shape index (κ3) is 4.56. The zero-order valence-corrected chi connectivity index (χ0v) is 12.5. The van der Waals surface area contributed by atoms with E-state index in [1.165, 1.54) is 41.9 Å². The molecular formula is C15H21NS2. The Morgan fingerprint density at radius 3 is 2.22 bits per heavy atom. The first kappa shape index (κ1) is 13.8. The third-order valence-electron chi connectivity index (χ3n) is 3.28. The number of rotatable bonds is 8. The van der Waals surface area contributed by atoms with Crippen LogP contribution in [0.15, 0.2) is 35.0 Å². The summed E-state index contributed by atoms with van der Waals surface area (Å²) in [5.41, 5.74) is 0. The van der Waals surface area contributed by atoms with Crippen molar-refractivity contribution in [1.82, 2.24) is 5.32 Å². The molecule has 0 fully saturated rings. The molecule has 0 spiro atoms. The standard InChI is InChI=1S/C15H21NS2/c1-16-13(9-10-15-8-4-12-18-15)5-2-6-14-7-3-11-17-14/h3-4,7-8,11-13,16H,2,5-6,9-10H2,1H3. The zero-order valence-electron chi connectivity index (χ0n) is 10.9. The predicted molar refractivity (Wildman–Crippen MR) is 82.7 cm³/mol.